The van der Waals surface area contributed by atoms with Crippen LogP contribution in [0.25, 0.3) is 0 Å². The van der Waals surface area contributed by atoms with E-state index in [9.17, 15) is 0 Å². The summed E-state index contributed by atoms with van der Waals surface area (Å²) in [7, 11) is 0. The highest BCUT2D eigenvalue weighted by atomic mass is 32.1. The van der Waals surface area contributed by atoms with E-state index in [1.54, 1.807) is 0 Å². The number of rotatable bonds is 6. The average Bonchev–Trinajstić information content (AvgIpc) is 2.45. The maximum Gasteiger partial charge on any atom is 0.0596 e. The molecule has 0 aliphatic carbocycles. The Morgan fingerprint density at radius 1 is 1.21 bits per heavy atom. The average molecular weight is 212 g/mol. The molecule has 0 aliphatic rings. The zero-order chi connectivity index (χ0) is 10.4. The Morgan fingerprint density at radius 2 is 1.93 bits per heavy atom. The molecule has 0 N–H and O–H groups in total. The molecule has 0 spiro atoms. The summed E-state index contributed by atoms with van der Waals surface area (Å²) in [6.45, 7) is 5.23. The lowest BCUT2D eigenvalue weighted by atomic mass is 10.2. The number of nitrogens with zero attached hydrogens (tertiary/aromatic N) is 2. The monoisotopic (exact) mass is 212 g/mol. The highest BCUT2D eigenvalue weighted by Crippen LogP contribution is 2.06. The molecule has 1 heterocycles. The van der Waals surface area contributed by atoms with Gasteiger partial charge in [0, 0.05) is 12.2 Å². The fourth-order valence-electron chi connectivity index (χ4n) is 1.63. The highest BCUT2D eigenvalue weighted by Gasteiger charge is 1.99. The second-order valence-corrected chi connectivity index (χ2v) is 4.24. The first kappa shape index (κ1) is 11.6. The Labute approximate surface area is 92.1 Å². The van der Waals surface area contributed by atoms with E-state index >= 15 is 0 Å². The molecule has 0 saturated heterocycles. The maximum absolute atomic E-state index is 4.43. The van der Waals surface area contributed by atoms with Crippen molar-refractivity contribution in [3.05, 3.63) is 17.5 Å². The van der Waals surface area contributed by atoms with E-state index < -0.39 is 0 Å². The van der Waals surface area contributed by atoms with Crippen molar-refractivity contribution in [1.29, 1.82) is 0 Å². The topological polar surface area (TPSA) is 17.8 Å². The van der Waals surface area contributed by atoms with Crippen LogP contribution in [0, 0.1) is 13.8 Å². The summed E-state index contributed by atoms with van der Waals surface area (Å²) in [5.74, 6) is 1.01. The molecule has 1 aromatic rings. The largest absolute Gasteiger partial charge is 0.270 e. The van der Waals surface area contributed by atoms with Gasteiger partial charge in [0.25, 0.3) is 0 Å². The van der Waals surface area contributed by atoms with Crippen LogP contribution < -0.4 is 0 Å². The molecule has 0 unspecified atom stereocenters. The number of aryl methyl sites for hydroxylation is 3. The molecular weight excluding hydrogens is 192 g/mol. The van der Waals surface area contributed by atoms with Gasteiger partial charge in [-0.05, 0) is 38.5 Å². The Hall–Kier alpha value is -0.440. The fourth-order valence-corrected chi connectivity index (χ4v) is 1.85. The number of aromatic nitrogens is 2. The molecule has 0 aromatic carbocycles. The minimum absolute atomic E-state index is 1.01. The van der Waals surface area contributed by atoms with Gasteiger partial charge in [-0.25, -0.2) is 0 Å². The SMILES string of the molecule is Cc1cc(C)n(CCCCCCS)n1. The zero-order valence-corrected chi connectivity index (χ0v) is 10.1. The van der Waals surface area contributed by atoms with Gasteiger partial charge < -0.3 is 0 Å². The van der Waals surface area contributed by atoms with Crippen LogP contribution in [0.1, 0.15) is 37.1 Å². The molecule has 14 heavy (non-hydrogen) atoms. The van der Waals surface area contributed by atoms with E-state index in [0.29, 0.717) is 0 Å². The molecule has 0 amide bonds. The van der Waals surface area contributed by atoms with Gasteiger partial charge in [-0.3, -0.25) is 4.68 Å². The van der Waals surface area contributed by atoms with Crippen molar-refractivity contribution in [2.45, 2.75) is 46.1 Å². The van der Waals surface area contributed by atoms with Crippen molar-refractivity contribution in [2.24, 2.45) is 0 Å². The summed E-state index contributed by atoms with van der Waals surface area (Å²) in [5.41, 5.74) is 2.40. The summed E-state index contributed by atoms with van der Waals surface area (Å²) < 4.78 is 2.11. The molecule has 1 aromatic heterocycles. The summed E-state index contributed by atoms with van der Waals surface area (Å²) in [6.07, 6.45) is 5.05. The molecule has 3 heteroatoms. The number of hydrogen-bond acceptors (Lipinski definition) is 2. The van der Waals surface area contributed by atoms with E-state index in [-0.39, 0.29) is 0 Å². The van der Waals surface area contributed by atoms with Crippen LogP contribution >= 0.6 is 12.6 Å². The van der Waals surface area contributed by atoms with Crippen molar-refractivity contribution in [1.82, 2.24) is 9.78 Å². The van der Waals surface area contributed by atoms with Crippen molar-refractivity contribution in [3.8, 4) is 0 Å². The predicted molar refractivity (Wildman–Crippen MR) is 64.0 cm³/mol. The molecule has 0 atom stereocenters. The summed E-state index contributed by atoms with van der Waals surface area (Å²) in [4.78, 5) is 0. The van der Waals surface area contributed by atoms with Crippen molar-refractivity contribution < 1.29 is 0 Å². The molecular formula is C11H20N2S. The van der Waals surface area contributed by atoms with Gasteiger partial charge in [0.15, 0.2) is 0 Å². The van der Waals surface area contributed by atoms with Gasteiger partial charge >= 0.3 is 0 Å². The smallest absolute Gasteiger partial charge is 0.0596 e. The summed E-state index contributed by atoms with van der Waals surface area (Å²) >= 11 is 4.19. The van der Waals surface area contributed by atoms with Crippen LogP contribution in [-0.2, 0) is 6.54 Å². The maximum atomic E-state index is 4.43. The van der Waals surface area contributed by atoms with Gasteiger partial charge in [0.2, 0.25) is 0 Å². The third-order valence-corrected chi connectivity index (χ3v) is 2.70. The first-order chi connectivity index (χ1) is 6.74. The second-order valence-electron chi connectivity index (χ2n) is 3.79. The van der Waals surface area contributed by atoms with Gasteiger partial charge in [-0.15, -0.1) is 0 Å². The van der Waals surface area contributed by atoms with E-state index in [1.807, 2.05) is 6.92 Å². The van der Waals surface area contributed by atoms with Crippen LogP contribution in [0.3, 0.4) is 0 Å². The number of hydrogen-bond donors (Lipinski definition) is 1. The Kier molecular flexibility index (Phi) is 5.09. The second kappa shape index (κ2) is 6.12. The van der Waals surface area contributed by atoms with Gasteiger partial charge in [0.05, 0.1) is 5.69 Å². The van der Waals surface area contributed by atoms with Crippen molar-refractivity contribution in [3.63, 3.8) is 0 Å². The predicted octanol–water partition coefficient (Wildman–Crippen LogP) is 2.99. The third-order valence-electron chi connectivity index (χ3n) is 2.38. The van der Waals surface area contributed by atoms with Crippen LogP contribution in [-0.4, -0.2) is 15.5 Å². The molecule has 0 saturated carbocycles. The number of unbranched alkanes of at least 4 members (excludes halogenated alkanes) is 3. The Bertz CT molecular complexity index is 268. The molecule has 0 bridgehead atoms. The highest BCUT2D eigenvalue weighted by molar-refractivity contribution is 7.80. The number of thiol groups is 1. The molecule has 80 valence electrons. The first-order valence-electron chi connectivity index (χ1n) is 5.36. The van der Waals surface area contributed by atoms with E-state index in [4.69, 9.17) is 0 Å². The molecule has 2 nitrogen and oxygen atoms in total. The van der Waals surface area contributed by atoms with Crippen LogP contribution in [0.5, 0.6) is 0 Å². The van der Waals surface area contributed by atoms with Crippen LogP contribution in [0.4, 0.5) is 0 Å². The minimum atomic E-state index is 1.01. The standard InChI is InChI=1S/C11H20N2S/c1-10-9-11(2)13(12-10)7-5-3-4-6-8-14/h9,14H,3-8H2,1-2H3. The normalized spacial score (nSPS) is 10.8. The van der Waals surface area contributed by atoms with E-state index in [0.717, 1.165) is 18.0 Å². The van der Waals surface area contributed by atoms with Gasteiger partial charge in [0.1, 0.15) is 0 Å². The lowest BCUT2D eigenvalue weighted by molar-refractivity contribution is 0.530. The third kappa shape index (κ3) is 3.74. The summed E-state index contributed by atoms with van der Waals surface area (Å²) in [6, 6.07) is 2.13. The fraction of sp³-hybridized carbons (Fsp3) is 0.727. The first-order valence-corrected chi connectivity index (χ1v) is 5.99. The van der Waals surface area contributed by atoms with E-state index in [1.165, 1.54) is 31.4 Å². The molecule has 1 rings (SSSR count). The van der Waals surface area contributed by atoms with Crippen LogP contribution in [0.2, 0.25) is 0 Å². The Morgan fingerprint density at radius 3 is 2.50 bits per heavy atom. The quantitative estimate of drug-likeness (QED) is 0.567. The van der Waals surface area contributed by atoms with Crippen LogP contribution in [0.15, 0.2) is 6.07 Å². The van der Waals surface area contributed by atoms with Gasteiger partial charge in [-0.1, -0.05) is 12.8 Å². The molecule has 0 radical (unpaired) electrons. The Balaban J connectivity index is 2.21. The molecule has 0 aliphatic heterocycles. The van der Waals surface area contributed by atoms with Crippen molar-refractivity contribution in [2.75, 3.05) is 5.75 Å². The van der Waals surface area contributed by atoms with E-state index in [2.05, 4.69) is 35.4 Å². The van der Waals surface area contributed by atoms with Gasteiger partial charge in [-0.2, -0.15) is 17.7 Å². The summed E-state index contributed by atoms with van der Waals surface area (Å²) in [5, 5.41) is 4.43. The zero-order valence-electron chi connectivity index (χ0n) is 9.16. The lowest BCUT2D eigenvalue weighted by Gasteiger charge is -2.03. The van der Waals surface area contributed by atoms with Crippen molar-refractivity contribution >= 4 is 12.6 Å². The molecule has 0 fully saturated rings. The minimum Gasteiger partial charge on any atom is -0.270 e. The lowest BCUT2D eigenvalue weighted by Crippen LogP contribution is -2.02.